The van der Waals surface area contributed by atoms with Crippen molar-refractivity contribution >= 4 is 73.7 Å². The Bertz CT molecular complexity index is 2490. The van der Waals surface area contributed by atoms with Crippen LogP contribution in [0.2, 0.25) is 0 Å². The zero-order valence-corrected chi connectivity index (χ0v) is 44.8. The van der Waals surface area contributed by atoms with Crippen LogP contribution in [-0.2, 0) is 28.3 Å². The Kier molecular flexibility index (Phi) is 17.4. The minimum Gasteiger partial charge on any atom is -0.444 e. The van der Waals surface area contributed by atoms with E-state index < -0.39 is 11.2 Å². The average Bonchev–Trinajstić information content (AvgIpc) is 3.55. The highest BCUT2D eigenvalue weighted by Crippen LogP contribution is 2.40. The van der Waals surface area contributed by atoms with Gasteiger partial charge in [0.15, 0.2) is 0 Å². The first-order valence-electron chi connectivity index (χ1n) is 25.2. The van der Waals surface area contributed by atoms with Gasteiger partial charge in [-0.3, -0.25) is 0 Å². The average molecular weight is 1020 g/mol. The summed E-state index contributed by atoms with van der Waals surface area (Å²) in [5.41, 5.74) is 4.47. The van der Waals surface area contributed by atoms with Gasteiger partial charge in [0.05, 0.1) is 11.2 Å². The number of nitrogens with one attached hydrogen (secondary N) is 2. The van der Waals surface area contributed by atoms with Gasteiger partial charge in [-0.2, -0.15) is 0 Å². The van der Waals surface area contributed by atoms with Crippen LogP contribution in [0.5, 0.6) is 0 Å². The Morgan fingerprint density at radius 3 is 1.51 bits per heavy atom. The molecule has 0 aromatic heterocycles. The van der Waals surface area contributed by atoms with Crippen LogP contribution in [0.1, 0.15) is 113 Å². The molecule has 5 heterocycles. The van der Waals surface area contributed by atoms with Crippen molar-refractivity contribution in [2.24, 2.45) is 0 Å². The van der Waals surface area contributed by atoms with Gasteiger partial charge >= 0.3 is 19.3 Å². The normalized spacial score (nSPS) is 19.8. The molecule has 4 aromatic rings. The summed E-state index contributed by atoms with van der Waals surface area (Å²) in [6, 6.07) is 26.7. The summed E-state index contributed by atoms with van der Waals surface area (Å²) >= 11 is 3.61. The van der Waals surface area contributed by atoms with Crippen LogP contribution in [0.25, 0.3) is 27.1 Å². The predicted molar refractivity (Wildman–Crippen MR) is 288 cm³/mol. The molecule has 5 aliphatic rings. The van der Waals surface area contributed by atoms with E-state index in [2.05, 4.69) is 105 Å². The second kappa shape index (κ2) is 22.9. The van der Waals surface area contributed by atoms with Gasteiger partial charge in [-0.05, 0) is 153 Å². The highest BCUT2D eigenvalue weighted by molar-refractivity contribution is 9.10. The van der Waals surface area contributed by atoms with E-state index in [0.29, 0.717) is 38.3 Å². The Morgan fingerprint density at radius 1 is 0.614 bits per heavy atom. The lowest BCUT2D eigenvalue weighted by Gasteiger charge is -2.32. The number of anilines is 2. The molecule has 0 unspecified atom stereocenters. The predicted octanol–water partition coefficient (Wildman–Crippen LogP) is 12.8. The number of carbonyl (C=O) groups excluding carboxylic acids is 2. The molecular formula is C56H76BBrN4O8. The number of hydrogen-bond donors (Lipinski definition) is 2. The fourth-order valence-electron chi connectivity index (χ4n) is 9.01. The Morgan fingerprint density at radius 2 is 1.06 bits per heavy atom. The molecule has 3 saturated heterocycles. The molecule has 0 saturated carbocycles. The zero-order chi connectivity index (χ0) is 50.3. The number of hydrogen-bond acceptors (Lipinski definition) is 10. The molecular weight excluding hydrogens is 947 g/mol. The Hall–Kier alpha value is -4.60. The maximum absolute atomic E-state index is 12.4. The summed E-state index contributed by atoms with van der Waals surface area (Å²) in [6.07, 6.45) is 9.52. The van der Waals surface area contributed by atoms with Crippen LogP contribution in [0.3, 0.4) is 0 Å². The zero-order valence-electron chi connectivity index (χ0n) is 43.3. The van der Waals surface area contributed by atoms with Crippen LogP contribution in [0.4, 0.5) is 21.0 Å². The monoisotopic (exact) mass is 1020 g/mol. The lowest BCUT2D eigenvalue weighted by atomic mass is 9.75. The van der Waals surface area contributed by atoms with Crippen molar-refractivity contribution in [3.63, 3.8) is 0 Å². The number of rotatable bonds is 6. The fraction of sp³-hybridized carbons (Fsp3) is 0.536. The number of carbonyl (C=O) groups is 2. The van der Waals surface area contributed by atoms with Crippen molar-refractivity contribution < 1.29 is 37.8 Å². The summed E-state index contributed by atoms with van der Waals surface area (Å²) < 4.78 is 35.1. The molecule has 378 valence electrons. The number of amides is 2. The minimum atomic E-state index is -0.468. The quantitative estimate of drug-likeness (QED) is 0.181. The van der Waals surface area contributed by atoms with Gasteiger partial charge in [-0.15, -0.1) is 0 Å². The third-order valence-corrected chi connectivity index (χ3v) is 14.3. The molecule has 12 nitrogen and oxygen atoms in total. The van der Waals surface area contributed by atoms with Gasteiger partial charge in [0, 0.05) is 91.3 Å². The molecule has 70 heavy (non-hydrogen) atoms. The van der Waals surface area contributed by atoms with Gasteiger partial charge in [-0.1, -0.05) is 82.7 Å². The fourth-order valence-corrected chi connectivity index (χ4v) is 9.49. The summed E-state index contributed by atoms with van der Waals surface area (Å²) in [7, 11) is -0.314. The van der Waals surface area contributed by atoms with Crippen molar-refractivity contribution in [1.82, 2.24) is 9.80 Å². The first-order chi connectivity index (χ1) is 33.2. The minimum absolute atomic E-state index is 0.237. The van der Waals surface area contributed by atoms with E-state index in [4.69, 9.17) is 28.3 Å². The Labute approximate surface area is 425 Å². The lowest BCUT2D eigenvalue weighted by Crippen LogP contribution is -2.41. The highest BCUT2D eigenvalue weighted by atomic mass is 79.9. The van der Waals surface area contributed by atoms with Crippen LogP contribution >= 0.6 is 15.9 Å². The van der Waals surface area contributed by atoms with E-state index in [-0.39, 0.29) is 30.5 Å². The lowest BCUT2D eigenvalue weighted by molar-refractivity contribution is 0.00578. The molecule has 0 aliphatic carbocycles. The van der Waals surface area contributed by atoms with Crippen molar-refractivity contribution in [2.75, 3.05) is 63.2 Å². The summed E-state index contributed by atoms with van der Waals surface area (Å²) in [4.78, 5) is 27.9. The van der Waals surface area contributed by atoms with E-state index in [1.54, 1.807) is 9.80 Å². The summed E-state index contributed by atoms with van der Waals surface area (Å²) in [6.45, 7) is 25.3. The standard InChI is InChI=1S/C25H32N2O3.C16H28BNO4.C15H16BrNO/c1-25(2,3)30-24(28)27-14-10-18(11-15-27)20-8-9-23(22-7-5-4-6-21(20)22)26-19-12-16-29-17-13-19;1-14(2,3)20-13(19)18-10-8-12(9-11-18)17-21-15(4,5)16(6,7)22-17;16-14-5-6-15(13-4-2-1-3-12(13)14)17-11-7-9-18-10-8-11/h4-10,19,26H,11-17H2,1-3H3;8H,9-11H2,1-7H3;1-6,11,17H,7-10H2. The SMILES string of the molecule is Brc1ccc(NC2CCOCC2)c2ccccc12.CC(C)(C)OC(=O)N1CC=C(B2OC(C)(C)C(C)(C)O2)CC1.CC(C)(C)OC(=O)N1CC=C(c2ccc(NC3CCOCC3)c3ccccc23)CC1. The topological polar surface area (TPSA) is 120 Å². The number of nitrogens with zero attached hydrogens (tertiary/aromatic N) is 2. The molecule has 2 N–H and O–H groups in total. The molecule has 0 bridgehead atoms. The van der Waals surface area contributed by atoms with Crippen LogP contribution < -0.4 is 10.6 Å². The van der Waals surface area contributed by atoms with E-state index in [1.807, 2.05) is 75.3 Å². The number of ether oxygens (including phenoxy) is 4. The smallest absolute Gasteiger partial charge is 0.444 e. The van der Waals surface area contributed by atoms with Crippen molar-refractivity contribution in [2.45, 2.75) is 142 Å². The molecule has 5 aliphatic heterocycles. The molecule has 4 aromatic carbocycles. The third kappa shape index (κ3) is 14.1. The van der Waals surface area contributed by atoms with Crippen molar-refractivity contribution in [3.05, 3.63) is 100 Å². The van der Waals surface area contributed by atoms with Gasteiger partial charge in [0.2, 0.25) is 0 Å². The van der Waals surface area contributed by atoms with Gasteiger partial charge in [0.1, 0.15) is 11.2 Å². The largest absolute Gasteiger partial charge is 0.490 e. The first-order valence-corrected chi connectivity index (χ1v) is 26.0. The van der Waals surface area contributed by atoms with Gasteiger partial charge in [0.25, 0.3) is 0 Å². The maximum atomic E-state index is 12.4. The van der Waals surface area contributed by atoms with Crippen molar-refractivity contribution in [1.29, 1.82) is 0 Å². The summed E-state index contributed by atoms with van der Waals surface area (Å²) in [5.74, 6) is 0. The van der Waals surface area contributed by atoms with Crippen LogP contribution in [0.15, 0.2) is 94.9 Å². The highest BCUT2D eigenvalue weighted by Gasteiger charge is 2.52. The molecule has 14 heteroatoms. The van der Waals surface area contributed by atoms with E-state index in [0.717, 1.165) is 74.9 Å². The number of halogens is 1. The van der Waals surface area contributed by atoms with E-state index >= 15 is 0 Å². The molecule has 9 rings (SSSR count). The number of benzene rings is 4. The van der Waals surface area contributed by atoms with Crippen LogP contribution in [-0.4, -0.2) is 116 Å². The van der Waals surface area contributed by atoms with Crippen LogP contribution in [0, 0.1) is 0 Å². The van der Waals surface area contributed by atoms with Gasteiger partial charge < -0.3 is 48.7 Å². The summed E-state index contributed by atoms with van der Waals surface area (Å²) in [5, 5.41) is 12.4. The molecule has 0 atom stereocenters. The maximum Gasteiger partial charge on any atom is 0.490 e. The van der Waals surface area contributed by atoms with E-state index in [9.17, 15) is 9.59 Å². The van der Waals surface area contributed by atoms with E-state index in [1.165, 1.54) is 44.1 Å². The van der Waals surface area contributed by atoms with Crippen molar-refractivity contribution in [3.8, 4) is 0 Å². The molecule has 2 amide bonds. The molecule has 0 radical (unpaired) electrons. The Balaban J connectivity index is 0.000000160. The second-order valence-electron chi connectivity index (χ2n) is 21.9. The van der Waals surface area contributed by atoms with Gasteiger partial charge in [-0.25, -0.2) is 9.59 Å². The second-order valence-corrected chi connectivity index (χ2v) is 22.7. The molecule has 3 fully saturated rings. The molecule has 0 spiro atoms. The third-order valence-electron chi connectivity index (χ3n) is 13.6. The first kappa shape index (κ1) is 53.2. The number of fused-ring (bicyclic) bond motifs is 2.